The maximum Gasteiger partial charge on any atom is 0.246 e. The van der Waals surface area contributed by atoms with Gasteiger partial charge in [-0.1, -0.05) is 0 Å². The van der Waals surface area contributed by atoms with Crippen LogP contribution in [0.4, 0.5) is 5.69 Å². The van der Waals surface area contributed by atoms with Gasteiger partial charge in [-0.05, 0) is 13.8 Å². The molecule has 154 valence electrons. The largest absolute Gasteiger partial charge is 0.355 e. The first kappa shape index (κ1) is 23.6. The summed E-state index contributed by atoms with van der Waals surface area (Å²) in [6, 6.07) is -0.141. The number of sulfonamides is 1. The molecule has 2 rings (SSSR count). The van der Waals surface area contributed by atoms with E-state index in [0.717, 1.165) is 5.69 Å². The maximum absolute atomic E-state index is 12.4. The third-order valence-corrected chi connectivity index (χ3v) is 5.38. The zero-order valence-electron chi connectivity index (χ0n) is 16.0. The quantitative estimate of drug-likeness (QED) is 0.304. The topological polar surface area (TPSA) is 112 Å². The number of hydrogen-bond donors (Lipinski definition) is 2. The summed E-state index contributed by atoms with van der Waals surface area (Å²) in [5.41, 5.74) is 0.769. The number of piperazine rings is 1. The van der Waals surface area contributed by atoms with Gasteiger partial charge in [0.15, 0.2) is 5.96 Å². The molecule has 1 aromatic heterocycles. The van der Waals surface area contributed by atoms with E-state index < -0.39 is 10.0 Å². The minimum atomic E-state index is -3.34. The molecule has 10 nitrogen and oxygen atoms in total. The van der Waals surface area contributed by atoms with Crippen LogP contribution < -0.4 is 14.9 Å². The molecule has 2 heterocycles. The van der Waals surface area contributed by atoms with Crippen molar-refractivity contribution in [3.8, 4) is 0 Å². The number of aromatic nitrogens is 2. The zero-order chi connectivity index (χ0) is 19.3. The predicted octanol–water partition coefficient (Wildman–Crippen LogP) is -0.410. The van der Waals surface area contributed by atoms with Crippen molar-refractivity contribution in [2.24, 2.45) is 12.0 Å². The Balaban J connectivity index is 0.00000364. The molecule has 2 N–H and O–H groups in total. The Bertz CT molecular complexity index is 763. The molecule has 0 aliphatic carbocycles. The second-order valence-electron chi connectivity index (χ2n) is 6.40. The fraction of sp³-hybridized carbons (Fsp3) is 0.667. The molecule has 0 spiro atoms. The standard InChI is InChI=1S/C15H27N7O3S.HI/c1-12(2)19-26(24,25)8-5-17-15(16-3)21-6-7-22(14(23)11-21)13-9-18-20(4)10-13;/h9-10,12,19H,5-8,11H2,1-4H3,(H,16,17);1H. The lowest BCUT2D eigenvalue weighted by molar-refractivity contribution is -0.120. The number of anilines is 1. The van der Waals surface area contributed by atoms with Crippen LogP contribution in [0.2, 0.25) is 0 Å². The zero-order valence-corrected chi connectivity index (χ0v) is 19.2. The van der Waals surface area contributed by atoms with E-state index >= 15 is 0 Å². The Morgan fingerprint density at radius 2 is 2.07 bits per heavy atom. The van der Waals surface area contributed by atoms with E-state index in [2.05, 4.69) is 20.1 Å². The third-order valence-electron chi connectivity index (χ3n) is 3.80. The van der Waals surface area contributed by atoms with Crippen LogP contribution in [0, 0.1) is 0 Å². The van der Waals surface area contributed by atoms with Gasteiger partial charge in [-0.2, -0.15) is 5.10 Å². The summed E-state index contributed by atoms with van der Waals surface area (Å²) in [5, 5.41) is 7.11. The van der Waals surface area contributed by atoms with Crippen LogP contribution in [0.15, 0.2) is 17.4 Å². The Hall–Kier alpha value is -1.41. The molecular weight excluding hydrogens is 485 g/mol. The second-order valence-corrected chi connectivity index (χ2v) is 8.28. The van der Waals surface area contributed by atoms with E-state index in [1.54, 1.807) is 49.9 Å². The maximum atomic E-state index is 12.4. The van der Waals surface area contributed by atoms with Gasteiger partial charge in [0.2, 0.25) is 15.9 Å². The van der Waals surface area contributed by atoms with Crippen molar-refractivity contribution in [2.45, 2.75) is 19.9 Å². The first-order valence-corrected chi connectivity index (χ1v) is 10.1. The first-order chi connectivity index (χ1) is 12.2. The average molecular weight is 513 g/mol. The number of aryl methyl sites for hydroxylation is 1. The predicted molar refractivity (Wildman–Crippen MR) is 116 cm³/mol. The Labute approximate surface area is 177 Å². The molecular formula is C15H28IN7O3S. The van der Waals surface area contributed by atoms with Crippen LogP contribution in [-0.4, -0.2) is 80.0 Å². The number of aliphatic imine (C=N–C) groups is 1. The number of halogens is 1. The number of carbonyl (C=O) groups excluding carboxylic acids is 1. The highest BCUT2D eigenvalue weighted by molar-refractivity contribution is 14.0. The van der Waals surface area contributed by atoms with Crippen molar-refractivity contribution < 1.29 is 13.2 Å². The summed E-state index contributed by atoms with van der Waals surface area (Å²) in [6.45, 7) is 5.04. The molecule has 1 aliphatic heterocycles. The Morgan fingerprint density at radius 3 is 2.59 bits per heavy atom. The van der Waals surface area contributed by atoms with Gasteiger partial charge < -0.3 is 15.1 Å². The van der Waals surface area contributed by atoms with E-state index in [4.69, 9.17) is 0 Å². The van der Waals surface area contributed by atoms with E-state index in [-0.39, 0.29) is 54.8 Å². The number of amides is 1. The lowest BCUT2D eigenvalue weighted by atomic mass is 10.3. The molecule has 1 amide bonds. The normalized spacial score (nSPS) is 15.9. The molecule has 0 saturated carbocycles. The number of hydrogen-bond acceptors (Lipinski definition) is 5. The molecule has 27 heavy (non-hydrogen) atoms. The van der Waals surface area contributed by atoms with Crippen molar-refractivity contribution in [1.82, 2.24) is 24.7 Å². The molecule has 1 saturated heterocycles. The summed E-state index contributed by atoms with van der Waals surface area (Å²) in [6.07, 6.45) is 3.46. The fourth-order valence-electron chi connectivity index (χ4n) is 2.72. The third kappa shape index (κ3) is 6.92. The van der Waals surface area contributed by atoms with Gasteiger partial charge in [0.1, 0.15) is 6.54 Å². The highest BCUT2D eigenvalue weighted by atomic mass is 127. The van der Waals surface area contributed by atoms with Crippen molar-refractivity contribution in [1.29, 1.82) is 0 Å². The molecule has 0 unspecified atom stereocenters. The van der Waals surface area contributed by atoms with Gasteiger partial charge in [0, 0.05) is 46.0 Å². The fourth-order valence-corrected chi connectivity index (χ4v) is 3.93. The highest BCUT2D eigenvalue weighted by Crippen LogP contribution is 2.15. The lowest BCUT2D eigenvalue weighted by Gasteiger charge is -2.35. The molecule has 1 fully saturated rings. The molecule has 1 aromatic rings. The van der Waals surface area contributed by atoms with Crippen LogP contribution in [0.25, 0.3) is 0 Å². The first-order valence-electron chi connectivity index (χ1n) is 8.46. The van der Waals surface area contributed by atoms with Gasteiger partial charge in [0.05, 0.1) is 17.6 Å². The Kier molecular flexibility index (Phi) is 8.94. The molecule has 0 aromatic carbocycles. The van der Waals surface area contributed by atoms with Crippen molar-refractivity contribution >= 4 is 51.6 Å². The van der Waals surface area contributed by atoms with Crippen molar-refractivity contribution in [3.05, 3.63) is 12.4 Å². The van der Waals surface area contributed by atoms with Crippen molar-refractivity contribution in [2.75, 3.05) is 43.9 Å². The van der Waals surface area contributed by atoms with E-state index in [1.807, 2.05) is 4.90 Å². The average Bonchev–Trinajstić information content (AvgIpc) is 2.96. The number of nitrogens with zero attached hydrogens (tertiary/aromatic N) is 5. The summed E-state index contributed by atoms with van der Waals surface area (Å²) in [5.74, 6) is 0.401. The SMILES string of the molecule is CN=C(NCCS(=O)(=O)NC(C)C)N1CCN(c2cnn(C)c2)C(=O)C1.I. The summed E-state index contributed by atoms with van der Waals surface area (Å²) in [4.78, 5) is 20.1. The van der Waals surface area contributed by atoms with Gasteiger partial charge in [0.25, 0.3) is 0 Å². The smallest absolute Gasteiger partial charge is 0.246 e. The number of guanidine groups is 1. The van der Waals surface area contributed by atoms with Gasteiger partial charge in [-0.25, -0.2) is 13.1 Å². The van der Waals surface area contributed by atoms with Crippen LogP contribution >= 0.6 is 24.0 Å². The minimum Gasteiger partial charge on any atom is -0.355 e. The summed E-state index contributed by atoms with van der Waals surface area (Å²) >= 11 is 0. The van der Waals surface area contributed by atoms with E-state index in [0.29, 0.717) is 19.0 Å². The number of carbonyl (C=O) groups is 1. The summed E-state index contributed by atoms with van der Waals surface area (Å²) in [7, 11) is 0.0769. The van der Waals surface area contributed by atoms with Crippen molar-refractivity contribution in [3.63, 3.8) is 0 Å². The van der Waals surface area contributed by atoms with Gasteiger partial charge >= 0.3 is 0 Å². The number of rotatable bonds is 6. The van der Waals surface area contributed by atoms with E-state index in [9.17, 15) is 13.2 Å². The Morgan fingerprint density at radius 1 is 1.37 bits per heavy atom. The van der Waals surface area contributed by atoms with Gasteiger partial charge in [-0.3, -0.25) is 14.5 Å². The molecule has 0 bridgehead atoms. The van der Waals surface area contributed by atoms with Crippen LogP contribution in [-0.2, 0) is 21.9 Å². The van der Waals surface area contributed by atoms with E-state index in [1.165, 1.54) is 0 Å². The van der Waals surface area contributed by atoms with Crippen LogP contribution in [0.5, 0.6) is 0 Å². The number of nitrogens with one attached hydrogen (secondary N) is 2. The summed E-state index contributed by atoms with van der Waals surface area (Å²) < 4.78 is 27.9. The highest BCUT2D eigenvalue weighted by Gasteiger charge is 2.27. The lowest BCUT2D eigenvalue weighted by Crippen LogP contribution is -2.55. The monoisotopic (exact) mass is 513 g/mol. The van der Waals surface area contributed by atoms with Crippen LogP contribution in [0.3, 0.4) is 0 Å². The molecule has 0 radical (unpaired) electrons. The minimum absolute atomic E-state index is 0. The second kappa shape index (κ2) is 10.2. The molecule has 1 aliphatic rings. The van der Waals surface area contributed by atoms with Crippen LogP contribution in [0.1, 0.15) is 13.8 Å². The molecule has 0 atom stereocenters. The van der Waals surface area contributed by atoms with Gasteiger partial charge in [-0.15, -0.1) is 24.0 Å². The molecule has 12 heteroatoms.